The first-order chi connectivity index (χ1) is 15.5. The number of hydrogen-bond acceptors (Lipinski definition) is 2. The van der Waals surface area contributed by atoms with Crippen LogP contribution in [-0.2, 0) is 49.5 Å². The Kier molecular flexibility index (Phi) is 15.3. The summed E-state index contributed by atoms with van der Waals surface area (Å²) in [4.78, 5) is 4.35. The van der Waals surface area contributed by atoms with Crippen LogP contribution in [0, 0.1) is 12.1 Å². The van der Waals surface area contributed by atoms with Gasteiger partial charge in [0, 0.05) is 13.1 Å². The molecule has 4 aromatic rings. The van der Waals surface area contributed by atoms with Crippen molar-refractivity contribution in [1.29, 1.82) is 0 Å². The predicted octanol–water partition coefficient (Wildman–Crippen LogP) is 6.78. The minimum absolute atomic E-state index is 0.991. The fourth-order valence-electron chi connectivity index (χ4n) is 3.28. The molecule has 32 heavy (non-hydrogen) atoms. The number of nitrogens with zero attached hydrogens (tertiary/aromatic N) is 2. The average molecular weight is 652 g/mol. The van der Waals surface area contributed by atoms with E-state index in [4.69, 9.17) is 0 Å². The summed E-state index contributed by atoms with van der Waals surface area (Å²) in [7, 11) is 17.3. The van der Waals surface area contributed by atoms with Crippen molar-refractivity contribution in [3.8, 4) is 0 Å². The quantitative estimate of drug-likeness (QED) is 0.177. The van der Waals surface area contributed by atoms with Gasteiger partial charge >= 0.3 is 55.4 Å². The van der Waals surface area contributed by atoms with Gasteiger partial charge < -0.3 is 9.80 Å². The normalized spacial score (nSPS) is 10.1. The van der Waals surface area contributed by atoms with E-state index in [2.05, 4.69) is 154 Å². The zero-order valence-electron chi connectivity index (χ0n) is 18.6. The first-order valence-electron chi connectivity index (χ1n) is 9.82. The van der Waals surface area contributed by atoms with Crippen LogP contribution >= 0.6 is 19.1 Å². The van der Waals surface area contributed by atoms with E-state index in [1.165, 1.54) is 32.7 Å². The molecule has 0 aliphatic carbocycles. The summed E-state index contributed by atoms with van der Waals surface area (Å²) in [5, 5.41) is 5.11. The van der Waals surface area contributed by atoms with E-state index in [0.717, 1.165) is 13.1 Å². The third-order valence-corrected chi connectivity index (χ3v) is 4.50. The van der Waals surface area contributed by atoms with Gasteiger partial charge in [-0.3, -0.25) is 0 Å². The van der Waals surface area contributed by atoms with Gasteiger partial charge in [-0.15, -0.1) is 33.7 Å². The molecule has 2 nitrogen and oxygen atoms in total. The van der Waals surface area contributed by atoms with Gasteiger partial charge in [0.05, 0.1) is 0 Å². The van der Waals surface area contributed by atoms with E-state index in [1.807, 2.05) is 24.3 Å². The molecule has 0 N–H and O–H groups in total. The van der Waals surface area contributed by atoms with Crippen LogP contribution in [0.3, 0.4) is 0 Å². The molecule has 0 radical (unpaired) electrons. The molecule has 0 heterocycles. The Balaban J connectivity index is 0.000000277. The molecule has 176 valence electrons. The van der Waals surface area contributed by atoms with Crippen LogP contribution in [0.15, 0.2) is 72.8 Å². The van der Waals surface area contributed by atoms with Crippen LogP contribution in [0.5, 0.6) is 0 Å². The van der Waals surface area contributed by atoms with Gasteiger partial charge in [0.1, 0.15) is 0 Å². The van der Waals surface area contributed by atoms with E-state index in [1.54, 1.807) is 0 Å². The van der Waals surface area contributed by atoms with Crippen molar-refractivity contribution in [1.82, 2.24) is 9.80 Å². The topological polar surface area (TPSA) is 6.48 Å². The molecular formula is C26H28Cl2N2Pd2. The fraction of sp³-hybridized carbons (Fsp3) is 0.231. The first kappa shape index (κ1) is 29.3. The second-order valence-electron chi connectivity index (χ2n) is 7.69. The molecule has 0 atom stereocenters. The van der Waals surface area contributed by atoms with Crippen LogP contribution in [0.4, 0.5) is 0 Å². The minimum atomic E-state index is 0.991. The Bertz CT molecular complexity index is 971. The molecule has 0 aliphatic heterocycles. The van der Waals surface area contributed by atoms with Gasteiger partial charge in [0.15, 0.2) is 0 Å². The van der Waals surface area contributed by atoms with Gasteiger partial charge in [0.2, 0.25) is 0 Å². The summed E-state index contributed by atoms with van der Waals surface area (Å²) in [6, 6.07) is 31.5. The third-order valence-electron chi connectivity index (χ3n) is 4.50. The van der Waals surface area contributed by atoms with Crippen LogP contribution in [-0.4, -0.2) is 38.0 Å². The standard InChI is InChI=1S/2C13H14N.2ClH.2Pd/c2*1-14(2)10-11-7-8-12-5-3-4-6-13(12)9-11;;;;/h2*3,5-9H,10H2,1-2H3;2*1H;;/q2*-1;;;2*+2/p-2. The second-order valence-corrected chi connectivity index (χ2v) is 7.69. The van der Waals surface area contributed by atoms with Crippen LogP contribution in [0.25, 0.3) is 21.5 Å². The molecule has 0 fully saturated rings. The Morgan fingerprint density at radius 3 is 1.31 bits per heavy atom. The summed E-state index contributed by atoms with van der Waals surface area (Å²) in [5.41, 5.74) is 2.70. The summed E-state index contributed by atoms with van der Waals surface area (Å²) >= 11 is 4.44. The number of halogens is 2. The summed E-state index contributed by atoms with van der Waals surface area (Å²) in [6.07, 6.45) is 0. The fourth-order valence-corrected chi connectivity index (χ4v) is 3.28. The Morgan fingerprint density at radius 1 is 0.594 bits per heavy atom. The molecule has 0 saturated carbocycles. The van der Waals surface area contributed by atoms with Crippen molar-refractivity contribution in [3.63, 3.8) is 0 Å². The van der Waals surface area contributed by atoms with Crippen LogP contribution in [0.2, 0.25) is 0 Å². The Labute approximate surface area is 222 Å². The third kappa shape index (κ3) is 10.4. The number of hydrogen-bond donors (Lipinski definition) is 0. The van der Waals surface area contributed by atoms with E-state index in [0.29, 0.717) is 0 Å². The van der Waals surface area contributed by atoms with E-state index in [9.17, 15) is 0 Å². The van der Waals surface area contributed by atoms with Crippen molar-refractivity contribution in [2.24, 2.45) is 0 Å². The molecule has 4 rings (SSSR count). The molecule has 0 spiro atoms. The zero-order valence-corrected chi connectivity index (χ0v) is 23.2. The molecule has 0 unspecified atom stereocenters. The molecular weight excluding hydrogens is 624 g/mol. The van der Waals surface area contributed by atoms with Gasteiger partial charge in [-0.2, -0.15) is 48.5 Å². The Morgan fingerprint density at radius 2 is 0.969 bits per heavy atom. The van der Waals surface area contributed by atoms with Crippen molar-refractivity contribution in [3.05, 3.63) is 96.1 Å². The number of benzene rings is 4. The maximum absolute atomic E-state index is 4.49. The Hall–Kier alpha value is -0.775. The van der Waals surface area contributed by atoms with Gasteiger partial charge in [-0.05, 0) is 39.3 Å². The number of rotatable bonds is 4. The van der Waals surface area contributed by atoms with E-state index < -0.39 is 0 Å². The summed E-state index contributed by atoms with van der Waals surface area (Å²) in [6.45, 7) is 1.98. The molecule has 0 saturated heterocycles. The van der Waals surface area contributed by atoms with Crippen LogP contribution < -0.4 is 0 Å². The molecule has 0 bridgehead atoms. The predicted molar refractivity (Wildman–Crippen MR) is 132 cm³/mol. The summed E-state index contributed by atoms with van der Waals surface area (Å²) in [5.74, 6) is 0. The molecule has 0 aromatic heterocycles. The molecule has 6 heteroatoms. The van der Waals surface area contributed by atoms with Gasteiger partial charge in [0.25, 0.3) is 0 Å². The molecule has 4 aromatic carbocycles. The second kappa shape index (κ2) is 16.8. The SMILES string of the molecule is CN(C)Cc1ccc2cc[c-]cc2c1.CN(C)Cc1ccc2cc[c-]cc2c1.[Cl][Pd+].[Cl][Pd+]. The molecule has 0 amide bonds. The van der Waals surface area contributed by atoms with E-state index in [-0.39, 0.29) is 0 Å². The number of fused-ring (bicyclic) bond motifs is 2. The zero-order chi connectivity index (χ0) is 23.9. The van der Waals surface area contributed by atoms with E-state index >= 15 is 0 Å². The van der Waals surface area contributed by atoms with Gasteiger partial charge in [-0.1, -0.05) is 24.3 Å². The molecule has 0 aliphatic rings. The van der Waals surface area contributed by atoms with Crippen molar-refractivity contribution >= 4 is 40.6 Å². The van der Waals surface area contributed by atoms with Crippen molar-refractivity contribution in [2.45, 2.75) is 13.1 Å². The van der Waals surface area contributed by atoms with Gasteiger partial charge in [-0.25, -0.2) is 0 Å². The first-order valence-corrected chi connectivity index (χ1v) is 13.8. The average Bonchev–Trinajstić information content (AvgIpc) is 2.81. The van der Waals surface area contributed by atoms with Crippen LogP contribution in [0.1, 0.15) is 11.1 Å². The monoisotopic (exact) mass is 650 g/mol. The summed E-state index contributed by atoms with van der Waals surface area (Å²) < 4.78 is 0. The maximum atomic E-state index is 4.49. The van der Waals surface area contributed by atoms with Crippen molar-refractivity contribution < 1.29 is 36.4 Å². The van der Waals surface area contributed by atoms with Crippen molar-refractivity contribution in [2.75, 3.05) is 28.2 Å².